The molecule has 1 rings (SSSR count). The number of halogens is 1. The van der Waals surface area contributed by atoms with Crippen molar-refractivity contribution >= 4 is 22.9 Å². The molecule has 80 valence electrons. The molecule has 0 saturated carbocycles. The molecule has 0 aliphatic heterocycles. The lowest BCUT2D eigenvalue weighted by molar-refractivity contribution is -0.107. The van der Waals surface area contributed by atoms with Crippen molar-refractivity contribution in [2.24, 2.45) is 0 Å². The van der Waals surface area contributed by atoms with E-state index < -0.39 is 5.24 Å². The molecule has 0 bridgehead atoms. The van der Waals surface area contributed by atoms with Crippen molar-refractivity contribution < 1.29 is 9.53 Å². The van der Waals surface area contributed by atoms with Crippen molar-refractivity contribution in [1.82, 2.24) is 0 Å². The summed E-state index contributed by atoms with van der Waals surface area (Å²) in [6.07, 6.45) is 3.95. The molecule has 0 fully saturated rings. The molecular formula is C12H13ClO2. The largest absolute Gasteiger partial charge is 0.494 e. The van der Waals surface area contributed by atoms with Gasteiger partial charge < -0.3 is 4.74 Å². The van der Waals surface area contributed by atoms with Gasteiger partial charge in [-0.3, -0.25) is 4.79 Å². The second-order valence-electron chi connectivity index (χ2n) is 3.06. The van der Waals surface area contributed by atoms with Gasteiger partial charge >= 0.3 is 0 Å². The fourth-order valence-electron chi connectivity index (χ4n) is 1.09. The van der Waals surface area contributed by atoms with Gasteiger partial charge in [0, 0.05) is 0 Å². The maximum absolute atomic E-state index is 10.5. The summed E-state index contributed by atoms with van der Waals surface area (Å²) in [5.41, 5.74) is 0.901. The molecule has 0 aliphatic carbocycles. The van der Waals surface area contributed by atoms with E-state index in [1.807, 2.05) is 24.3 Å². The van der Waals surface area contributed by atoms with Crippen molar-refractivity contribution in [3.8, 4) is 5.75 Å². The third-order valence-corrected chi connectivity index (χ3v) is 1.86. The van der Waals surface area contributed by atoms with Crippen LogP contribution in [-0.2, 0) is 4.79 Å². The molecule has 0 aromatic heterocycles. The zero-order chi connectivity index (χ0) is 11.1. The average Bonchev–Trinajstić information content (AvgIpc) is 2.24. The number of allylic oxidation sites excluding steroid dienone is 1. The topological polar surface area (TPSA) is 26.3 Å². The number of carbonyl (C=O) groups excluding carboxylic acids is 1. The van der Waals surface area contributed by atoms with Gasteiger partial charge in [0.05, 0.1) is 6.61 Å². The molecule has 0 atom stereocenters. The first-order valence-corrected chi connectivity index (χ1v) is 5.20. The molecule has 3 heteroatoms. The van der Waals surface area contributed by atoms with Gasteiger partial charge in [-0.1, -0.05) is 25.1 Å². The van der Waals surface area contributed by atoms with Crippen molar-refractivity contribution in [1.29, 1.82) is 0 Å². The monoisotopic (exact) mass is 224 g/mol. The quantitative estimate of drug-likeness (QED) is 0.567. The van der Waals surface area contributed by atoms with E-state index in [0.29, 0.717) is 6.61 Å². The summed E-state index contributed by atoms with van der Waals surface area (Å²) in [6.45, 7) is 2.75. The van der Waals surface area contributed by atoms with Crippen LogP contribution in [0.5, 0.6) is 5.75 Å². The van der Waals surface area contributed by atoms with Crippen LogP contribution in [0, 0.1) is 0 Å². The van der Waals surface area contributed by atoms with Gasteiger partial charge in [-0.05, 0) is 41.8 Å². The fraction of sp³-hybridized carbons (Fsp3) is 0.250. The lowest BCUT2D eigenvalue weighted by Crippen LogP contribution is -1.94. The third kappa shape index (κ3) is 4.66. The molecular weight excluding hydrogens is 212 g/mol. The lowest BCUT2D eigenvalue weighted by atomic mass is 10.2. The summed E-state index contributed by atoms with van der Waals surface area (Å²) in [5.74, 6) is 0.807. The van der Waals surface area contributed by atoms with E-state index in [-0.39, 0.29) is 0 Å². The highest BCUT2D eigenvalue weighted by Gasteiger charge is 1.94. The van der Waals surface area contributed by atoms with Crippen LogP contribution in [0.3, 0.4) is 0 Å². The molecule has 0 unspecified atom stereocenters. The number of rotatable bonds is 5. The molecule has 0 aliphatic rings. The first-order valence-electron chi connectivity index (χ1n) is 4.83. The average molecular weight is 225 g/mol. The Bertz CT molecular complexity index is 358. The van der Waals surface area contributed by atoms with Crippen LogP contribution in [0.4, 0.5) is 0 Å². The Morgan fingerprint density at radius 1 is 1.53 bits per heavy atom. The minimum atomic E-state index is -0.477. The second-order valence-corrected chi connectivity index (χ2v) is 3.43. The summed E-state index contributed by atoms with van der Waals surface area (Å²) in [4.78, 5) is 10.5. The molecule has 15 heavy (non-hydrogen) atoms. The Morgan fingerprint density at radius 3 is 3.00 bits per heavy atom. The summed E-state index contributed by atoms with van der Waals surface area (Å²) < 4.78 is 5.45. The molecule has 1 aromatic carbocycles. The van der Waals surface area contributed by atoms with Crippen LogP contribution in [-0.4, -0.2) is 11.8 Å². The number of ether oxygens (including phenoxy) is 1. The number of hydrogen-bond acceptors (Lipinski definition) is 2. The van der Waals surface area contributed by atoms with Crippen LogP contribution >= 0.6 is 11.6 Å². The zero-order valence-corrected chi connectivity index (χ0v) is 9.33. The maximum Gasteiger partial charge on any atom is 0.245 e. The highest BCUT2D eigenvalue weighted by molar-refractivity contribution is 6.66. The zero-order valence-electron chi connectivity index (χ0n) is 8.57. The lowest BCUT2D eigenvalue weighted by Gasteiger charge is -2.04. The molecule has 0 N–H and O–H groups in total. The van der Waals surface area contributed by atoms with Gasteiger partial charge in [-0.25, -0.2) is 0 Å². The smallest absolute Gasteiger partial charge is 0.245 e. The predicted molar refractivity (Wildman–Crippen MR) is 62.1 cm³/mol. The highest BCUT2D eigenvalue weighted by atomic mass is 35.5. The molecule has 0 heterocycles. The number of hydrogen-bond donors (Lipinski definition) is 0. The van der Waals surface area contributed by atoms with Crippen LogP contribution in [0.2, 0.25) is 0 Å². The predicted octanol–water partition coefficient (Wildman–Crippen LogP) is 3.25. The first kappa shape index (κ1) is 11.8. The van der Waals surface area contributed by atoms with E-state index in [0.717, 1.165) is 17.7 Å². The van der Waals surface area contributed by atoms with Gasteiger partial charge in [-0.15, -0.1) is 0 Å². The van der Waals surface area contributed by atoms with Crippen molar-refractivity contribution in [2.45, 2.75) is 13.3 Å². The van der Waals surface area contributed by atoms with E-state index >= 15 is 0 Å². The third-order valence-electron chi connectivity index (χ3n) is 1.74. The maximum atomic E-state index is 10.5. The normalized spacial score (nSPS) is 10.5. The Morgan fingerprint density at radius 2 is 2.33 bits per heavy atom. The second kappa shape index (κ2) is 6.25. The van der Waals surface area contributed by atoms with Crippen molar-refractivity contribution in [3.63, 3.8) is 0 Å². The van der Waals surface area contributed by atoms with Gasteiger partial charge in [0.25, 0.3) is 0 Å². The van der Waals surface area contributed by atoms with Crippen molar-refractivity contribution in [3.05, 3.63) is 35.9 Å². The van der Waals surface area contributed by atoms with Crippen LogP contribution in [0.15, 0.2) is 30.3 Å². The molecule has 0 saturated heterocycles. The van der Waals surface area contributed by atoms with Crippen LogP contribution < -0.4 is 4.74 Å². The van der Waals surface area contributed by atoms with E-state index in [2.05, 4.69) is 6.92 Å². The summed E-state index contributed by atoms with van der Waals surface area (Å²) in [5, 5.41) is -0.477. The van der Waals surface area contributed by atoms with Gasteiger partial charge in [0.1, 0.15) is 5.75 Å². The van der Waals surface area contributed by atoms with Crippen LogP contribution in [0.1, 0.15) is 18.9 Å². The molecule has 0 amide bonds. The Kier molecular flexibility index (Phi) is 4.91. The van der Waals surface area contributed by atoms with Gasteiger partial charge in [0.2, 0.25) is 5.24 Å². The summed E-state index contributed by atoms with van der Waals surface area (Å²) in [7, 11) is 0. The first-order chi connectivity index (χ1) is 7.22. The molecule has 1 aromatic rings. The minimum absolute atomic E-state index is 0.477. The van der Waals surface area contributed by atoms with Gasteiger partial charge in [-0.2, -0.15) is 0 Å². The SMILES string of the molecule is CCCOc1cccc(C=CC(=O)Cl)c1. The fourth-order valence-corrected chi connectivity index (χ4v) is 1.15. The number of benzene rings is 1. The molecule has 0 spiro atoms. The summed E-state index contributed by atoms with van der Waals surface area (Å²) in [6, 6.07) is 7.51. The van der Waals surface area contributed by atoms with E-state index in [4.69, 9.17) is 16.3 Å². The Balaban J connectivity index is 2.69. The Labute approximate surface area is 94.5 Å². The van der Waals surface area contributed by atoms with E-state index in [1.165, 1.54) is 6.08 Å². The highest BCUT2D eigenvalue weighted by Crippen LogP contribution is 2.14. The number of carbonyl (C=O) groups is 1. The van der Waals surface area contributed by atoms with Crippen molar-refractivity contribution in [2.75, 3.05) is 6.61 Å². The van der Waals surface area contributed by atoms with Gasteiger partial charge in [0.15, 0.2) is 0 Å². The summed E-state index contributed by atoms with van der Waals surface area (Å²) >= 11 is 5.19. The van der Waals surface area contributed by atoms with E-state index in [1.54, 1.807) is 6.08 Å². The minimum Gasteiger partial charge on any atom is -0.494 e. The van der Waals surface area contributed by atoms with Crippen LogP contribution in [0.25, 0.3) is 6.08 Å². The molecule has 2 nitrogen and oxygen atoms in total. The standard InChI is InChI=1S/C12H13ClO2/c1-2-8-15-11-5-3-4-10(9-11)6-7-12(13)14/h3-7,9H,2,8H2,1H3. The Hall–Kier alpha value is -1.28. The molecule has 0 radical (unpaired) electrons. The van der Waals surface area contributed by atoms with E-state index in [9.17, 15) is 4.79 Å².